The normalized spacial score (nSPS) is 28.6. The molecule has 0 bridgehead atoms. The second kappa shape index (κ2) is 4.86. The van der Waals surface area contributed by atoms with Crippen LogP contribution in [0.3, 0.4) is 0 Å². The van der Waals surface area contributed by atoms with Crippen LogP contribution in [0.2, 0.25) is 0 Å². The molecule has 0 aliphatic heterocycles. The Balaban J connectivity index is 2.54. The number of halogens is 1. The van der Waals surface area contributed by atoms with Crippen LogP contribution in [0.15, 0.2) is 28.7 Å². The summed E-state index contributed by atoms with van der Waals surface area (Å²) in [7, 11) is -3.61. The fourth-order valence-corrected chi connectivity index (χ4v) is 4.77. The Kier molecular flexibility index (Phi) is 3.65. The Morgan fingerprint density at radius 2 is 2.00 bits per heavy atom. The first kappa shape index (κ1) is 15.0. The lowest BCUT2D eigenvalue weighted by Gasteiger charge is -2.02. The lowest BCUT2D eigenvalue weighted by atomic mass is 10.0. The van der Waals surface area contributed by atoms with Crippen molar-refractivity contribution >= 4 is 31.7 Å². The number of carbonyl (C=O) groups is 1. The van der Waals surface area contributed by atoms with Gasteiger partial charge >= 0.3 is 5.97 Å². The molecular formula is C13H12BrNO4S. The van der Waals surface area contributed by atoms with Crippen LogP contribution in [0.1, 0.15) is 18.4 Å². The number of benzene rings is 1. The summed E-state index contributed by atoms with van der Waals surface area (Å²) in [6.45, 7) is 1.45. The molecule has 0 heterocycles. The van der Waals surface area contributed by atoms with Crippen molar-refractivity contribution < 1.29 is 18.3 Å². The molecule has 20 heavy (non-hydrogen) atoms. The van der Waals surface area contributed by atoms with Gasteiger partial charge in [-0.05, 0) is 17.7 Å². The standard InChI is InChI=1S/C13H12BrNO4S/c1-2-20(18,19)11-10(13(11,7-15)12(16)17)8-3-5-9(14)6-4-8/h3-6,10-11H,2H2,1H3,(H,16,17)/t10-,11+,13-/m1/s1. The fourth-order valence-electron chi connectivity index (χ4n) is 2.57. The van der Waals surface area contributed by atoms with Gasteiger partial charge in [-0.1, -0.05) is 35.0 Å². The Morgan fingerprint density at radius 1 is 1.45 bits per heavy atom. The number of carboxylic acid groups (broad SMARTS) is 1. The molecule has 0 radical (unpaired) electrons. The largest absolute Gasteiger partial charge is 0.480 e. The van der Waals surface area contributed by atoms with Crippen LogP contribution in [0.4, 0.5) is 0 Å². The van der Waals surface area contributed by atoms with Crippen molar-refractivity contribution in [2.75, 3.05) is 5.75 Å². The maximum absolute atomic E-state index is 12.1. The van der Waals surface area contributed by atoms with Crippen molar-refractivity contribution in [3.8, 4) is 6.07 Å². The van der Waals surface area contributed by atoms with Gasteiger partial charge in [0, 0.05) is 16.1 Å². The van der Waals surface area contributed by atoms with E-state index in [1.54, 1.807) is 30.3 Å². The predicted octanol–water partition coefficient (Wildman–Crippen LogP) is 1.94. The van der Waals surface area contributed by atoms with Crippen molar-refractivity contribution in [1.82, 2.24) is 0 Å². The van der Waals surface area contributed by atoms with Gasteiger partial charge in [-0.2, -0.15) is 5.26 Å². The second-order valence-electron chi connectivity index (χ2n) is 4.69. The first-order chi connectivity index (χ1) is 9.31. The third kappa shape index (κ3) is 2.03. The Hall–Kier alpha value is -1.39. The third-order valence-electron chi connectivity index (χ3n) is 3.69. The highest BCUT2D eigenvalue weighted by Gasteiger charge is 2.76. The molecule has 2 rings (SSSR count). The topological polar surface area (TPSA) is 95.2 Å². The quantitative estimate of drug-likeness (QED) is 0.888. The van der Waals surface area contributed by atoms with Crippen LogP contribution in [-0.4, -0.2) is 30.5 Å². The summed E-state index contributed by atoms with van der Waals surface area (Å²) >= 11 is 3.26. The number of sulfone groups is 1. The van der Waals surface area contributed by atoms with Gasteiger partial charge in [0.25, 0.3) is 0 Å². The van der Waals surface area contributed by atoms with Crippen LogP contribution in [-0.2, 0) is 14.6 Å². The molecule has 3 atom stereocenters. The second-order valence-corrected chi connectivity index (χ2v) is 8.01. The van der Waals surface area contributed by atoms with Crippen molar-refractivity contribution in [3.63, 3.8) is 0 Å². The van der Waals surface area contributed by atoms with Gasteiger partial charge in [0.2, 0.25) is 0 Å². The Morgan fingerprint density at radius 3 is 2.40 bits per heavy atom. The molecule has 106 valence electrons. The van der Waals surface area contributed by atoms with Crippen molar-refractivity contribution in [1.29, 1.82) is 5.26 Å². The van der Waals surface area contributed by atoms with E-state index in [-0.39, 0.29) is 5.75 Å². The SMILES string of the molecule is CCS(=O)(=O)[C@H]1[C@@H](c2ccc(Br)cc2)[C@@]1(C#N)C(=O)O. The molecule has 1 aliphatic carbocycles. The van der Waals surface area contributed by atoms with Crippen LogP contribution in [0.5, 0.6) is 0 Å². The van der Waals surface area contributed by atoms with Crippen LogP contribution in [0.25, 0.3) is 0 Å². The highest BCUT2D eigenvalue weighted by Crippen LogP contribution is 2.63. The van der Waals surface area contributed by atoms with Gasteiger partial charge in [0.1, 0.15) is 5.25 Å². The van der Waals surface area contributed by atoms with E-state index in [1.807, 2.05) is 0 Å². The molecule has 7 heteroatoms. The fraction of sp³-hybridized carbons (Fsp3) is 0.385. The monoisotopic (exact) mass is 357 g/mol. The Labute approximate surface area is 125 Å². The molecule has 1 N–H and O–H groups in total. The van der Waals surface area contributed by atoms with Gasteiger partial charge < -0.3 is 5.11 Å². The number of aliphatic carboxylic acids is 1. The smallest absolute Gasteiger partial charge is 0.326 e. The van der Waals surface area contributed by atoms with E-state index in [4.69, 9.17) is 0 Å². The van der Waals surface area contributed by atoms with E-state index in [9.17, 15) is 23.6 Å². The number of carboxylic acids is 1. The molecule has 1 aromatic carbocycles. The van der Waals surface area contributed by atoms with E-state index in [0.717, 1.165) is 4.47 Å². The first-order valence-electron chi connectivity index (χ1n) is 5.93. The molecule has 1 saturated carbocycles. The average molecular weight is 358 g/mol. The lowest BCUT2D eigenvalue weighted by Crippen LogP contribution is -2.23. The molecule has 1 aromatic rings. The van der Waals surface area contributed by atoms with Crippen molar-refractivity contribution in [2.24, 2.45) is 5.41 Å². The molecule has 1 aliphatic rings. The summed E-state index contributed by atoms with van der Waals surface area (Å²) in [6, 6.07) is 8.41. The van der Waals surface area contributed by atoms with E-state index in [0.29, 0.717) is 5.56 Å². The van der Waals surface area contributed by atoms with Gasteiger partial charge in [-0.15, -0.1) is 0 Å². The van der Waals surface area contributed by atoms with Gasteiger partial charge in [-0.3, -0.25) is 4.79 Å². The highest BCUT2D eigenvalue weighted by atomic mass is 79.9. The maximum atomic E-state index is 12.1. The number of rotatable bonds is 4. The number of hydrogen-bond acceptors (Lipinski definition) is 4. The van der Waals surface area contributed by atoms with E-state index in [2.05, 4.69) is 15.9 Å². The number of nitrogens with zero attached hydrogens (tertiary/aromatic N) is 1. The van der Waals surface area contributed by atoms with Crippen LogP contribution >= 0.6 is 15.9 Å². The summed E-state index contributed by atoms with van der Waals surface area (Å²) in [4.78, 5) is 11.4. The van der Waals surface area contributed by atoms with Gasteiger partial charge in [0.05, 0.1) is 6.07 Å². The molecule has 0 spiro atoms. The Bertz CT molecular complexity index is 692. The molecule has 5 nitrogen and oxygen atoms in total. The number of hydrogen-bond donors (Lipinski definition) is 1. The minimum atomic E-state index is -3.61. The van der Waals surface area contributed by atoms with Crippen LogP contribution in [0, 0.1) is 16.7 Å². The summed E-state index contributed by atoms with van der Waals surface area (Å²) < 4.78 is 24.9. The lowest BCUT2D eigenvalue weighted by molar-refractivity contribution is -0.141. The van der Waals surface area contributed by atoms with Crippen LogP contribution < -0.4 is 0 Å². The minimum Gasteiger partial charge on any atom is -0.480 e. The van der Waals surface area contributed by atoms with Gasteiger partial charge in [0.15, 0.2) is 15.3 Å². The molecule has 0 saturated heterocycles. The molecule has 1 fully saturated rings. The first-order valence-corrected chi connectivity index (χ1v) is 8.43. The van der Waals surface area contributed by atoms with Crippen molar-refractivity contribution in [2.45, 2.75) is 18.1 Å². The zero-order valence-corrected chi connectivity index (χ0v) is 13.0. The summed E-state index contributed by atoms with van der Waals surface area (Å²) in [6.07, 6.45) is 0. The van der Waals surface area contributed by atoms with Gasteiger partial charge in [-0.25, -0.2) is 8.42 Å². The van der Waals surface area contributed by atoms with Crippen molar-refractivity contribution in [3.05, 3.63) is 34.3 Å². The summed E-state index contributed by atoms with van der Waals surface area (Å²) in [5.74, 6) is -2.38. The minimum absolute atomic E-state index is 0.179. The summed E-state index contributed by atoms with van der Waals surface area (Å²) in [5.41, 5.74) is -1.32. The molecule has 0 amide bonds. The zero-order valence-electron chi connectivity index (χ0n) is 10.6. The molecule has 0 aromatic heterocycles. The predicted molar refractivity (Wildman–Crippen MR) is 75.8 cm³/mol. The summed E-state index contributed by atoms with van der Waals surface area (Å²) in [5, 5.41) is 17.4. The molecule has 0 unspecified atom stereocenters. The van der Waals surface area contributed by atoms with E-state index >= 15 is 0 Å². The average Bonchev–Trinajstić information content (AvgIpc) is 3.11. The highest BCUT2D eigenvalue weighted by molar-refractivity contribution is 9.10. The maximum Gasteiger partial charge on any atom is 0.326 e. The van der Waals surface area contributed by atoms with E-state index < -0.39 is 32.4 Å². The third-order valence-corrected chi connectivity index (χ3v) is 6.44. The number of nitriles is 1. The zero-order chi connectivity index (χ0) is 15.1. The molecular weight excluding hydrogens is 346 g/mol. The van der Waals surface area contributed by atoms with E-state index in [1.165, 1.54) is 6.92 Å².